The number of anilines is 2. The Balaban J connectivity index is 1.48. The van der Waals surface area contributed by atoms with Crippen molar-refractivity contribution >= 4 is 52.1 Å². The largest absolute Gasteiger partial charge is 0.491 e. The van der Waals surface area contributed by atoms with Gasteiger partial charge in [-0.05, 0) is 93.1 Å². The lowest BCUT2D eigenvalue weighted by molar-refractivity contribution is -0.122. The second-order valence-corrected chi connectivity index (χ2v) is 8.84. The van der Waals surface area contributed by atoms with E-state index in [1.54, 1.807) is 79.7 Å². The molecule has 0 heterocycles. The number of carbonyl (C=O) groups excluding carboxylic acids is 2. The number of rotatable bonds is 9. The molecule has 0 saturated carbocycles. The first-order chi connectivity index (χ1) is 17.2. The monoisotopic (exact) mass is 525 g/mol. The second kappa shape index (κ2) is 12.9. The van der Waals surface area contributed by atoms with E-state index in [4.69, 9.17) is 33.3 Å². The van der Waals surface area contributed by atoms with E-state index in [-0.39, 0.29) is 23.0 Å². The normalized spacial score (nSPS) is 12.1. The third-order valence-corrected chi connectivity index (χ3v) is 5.69. The van der Waals surface area contributed by atoms with Crippen molar-refractivity contribution in [3.63, 3.8) is 0 Å². The maximum Gasteiger partial charge on any atom is 0.265 e. The summed E-state index contributed by atoms with van der Waals surface area (Å²) in [6.45, 7) is 5.67. The van der Waals surface area contributed by atoms with Crippen LogP contribution < -0.4 is 25.4 Å². The Bertz CT molecular complexity index is 1200. The number of hydrogen-bond donors (Lipinski definition) is 3. The van der Waals surface area contributed by atoms with Crippen LogP contribution in [0, 0.1) is 0 Å². The zero-order chi connectivity index (χ0) is 26.1. The van der Waals surface area contributed by atoms with Gasteiger partial charge in [-0.1, -0.05) is 30.7 Å². The summed E-state index contributed by atoms with van der Waals surface area (Å²) in [6, 6.07) is 20.7. The van der Waals surface area contributed by atoms with E-state index in [9.17, 15) is 9.59 Å². The van der Waals surface area contributed by atoms with Crippen molar-refractivity contribution in [2.45, 2.75) is 39.4 Å². The Kier molecular flexibility index (Phi) is 9.67. The maximum absolute atomic E-state index is 12.5. The van der Waals surface area contributed by atoms with Crippen molar-refractivity contribution in [3.8, 4) is 11.5 Å². The standard InChI is InChI=1S/C27H28ClN3O4S/c1-4-17(2)34-22-15-9-19(10-16-22)26(33)31-27(36)30-21-13-11-20(12-14-21)29-25(32)18(3)35-24-8-6-5-7-23(24)28/h5-18H,4H2,1-3H3,(H,29,32)(H2,30,31,33,36). The summed E-state index contributed by atoms with van der Waals surface area (Å²) < 4.78 is 11.4. The van der Waals surface area contributed by atoms with Crippen molar-refractivity contribution < 1.29 is 19.1 Å². The van der Waals surface area contributed by atoms with Crippen molar-refractivity contribution in [1.82, 2.24) is 5.32 Å². The average molecular weight is 526 g/mol. The molecule has 0 aromatic heterocycles. The quantitative estimate of drug-likeness (QED) is 0.295. The highest BCUT2D eigenvalue weighted by Crippen LogP contribution is 2.24. The van der Waals surface area contributed by atoms with E-state index in [0.717, 1.165) is 6.42 Å². The zero-order valence-electron chi connectivity index (χ0n) is 20.2. The van der Waals surface area contributed by atoms with Crippen molar-refractivity contribution in [3.05, 3.63) is 83.4 Å². The number of hydrogen-bond acceptors (Lipinski definition) is 5. The molecule has 0 aliphatic heterocycles. The first kappa shape index (κ1) is 27.0. The number of nitrogens with one attached hydrogen (secondary N) is 3. The molecule has 2 atom stereocenters. The van der Waals surface area contributed by atoms with Gasteiger partial charge < -0.3 is 20.1 Å². The van der Waals surface area contributed by atoms with E-state index < -0.39 is 6.10 Å². The second-order valence-electron chi connectivity index (χ2n) is 8.03. The summed E-state index contributed by atoms with van der Waals surface area (Å²) in [5, 5.41) is 8.97. The van der Waals surface area contributed by atoms with Gasteiger partial charge in [-0.25, -0.2) is 0 Å². The fraction of sp³-hybridized carbons (Fsp3) is 0.222. The summed E-state index contributed by atoms with van der Waals surface area (Å²) in [6.07, 6.45) is 0.250. The smallest absolute Gasteiger partial charge is 0.265 e. The summed E-state index contributed by atoms with van der Waals surface area (Å²) in [7, 11) is 0. The van der Waals surface area contributed by atoms with Crippen molar-refractivity contribution in [1.29, 1.82) is 0 Å². The minimum atomic E-state index is -0.749. The van der Waals surface area contributed by atoms with Crippen LogP contribution >= 0.6 is 23.8 Å². The Labute approximate surface area is 221 Å². The molecule has 36 heavy (non-hydrogen) atoms. The van der Waals surface area contributed by atoms with Crippen LogP contribution in [0.15, 0.2) is 72.8 Å². The molecule has 3 rings (SSSR count). The molecule has 0 radical (unpaired) electrons. The lowest BCUT2D eigenvalue weighted by Crippen LogP contribution is -2.34. The first-order valence-corrected chi connectivity index (χ1v) is 12.2. The maximum atomic E-state index is 12.5. The van der Waals surface area contributed by atoms with Gasteiger partial charge in [-0.15, -0.1) is 0 Å². The van der Waals surface area contributed by atoms with E-state index in [0.29, 0.717) is 33.5 Å². The third kappa shape index (κ3) is 7.96. The summed E-state index contributed by atoms with van der Waals surface area (Å²) in [4.78, 5) is 24.9. The highest BCUT2D eigenvalue weighted by atomic mass is 35.5. The van der Waals surface area contributed by atoms with E-state index >= 15 is 0 Å². The SMILES string of the molecule is CCC(C)Oc1ccc(C(=O)NC(=S)Nc2ccc(NC(=O)C(C)Oc3ccccc3Cl)cc2)cc1. The minimum Gasteiger partial charge on any atom is -0.491 e. The van der Waals surface area contributed by atoms with Crippen molar-refractivity contribution in [2.24, 2.45) is 0 Å². The molecular formula is C27H28ClN3O4S. The van der Waals surface area contributed by atoms with Gasteiger partial charge in [-0.2, -0.15) is 0 Å². The number of para-hydroxylation sites is 1. The number of benzene rings is 3. The fourth-order valence-electron chi connectivity index (χ4n) is 3.00. The molecule has 3 aromatic carbocycles. The summed E-state index contributed by atoms with van der Waals surface area (Å²) >= 11 is 11.3. The van der Waals surface area contributed by atoms with E-state index in [2.05, 4.69) is 16.0 Å². The average Bonchev–Trinajstić information content (AvgIpc) is 2.86. The number of thiocarbonyl (C=S) groups is 1. The number of carbonyl (C=O) groups is 2. The molecule has 0 fully saturated rings. The van der Waals surface area contributed by atoms with Gasteiger partial charge in [0.25, 0.3) is 11.8 Å². The van der Waals surface area contributed by atoms with Gasteiger partial charge in [-0.3, -0.25) is 14.9 Å². The van der Waals surface area contributed by atoms with E-state index in [1.807, 2.05) is 13.8 Å². The molecule has 9 heteroatoms. The summed E-state index contributed by atoms with van der Waals surface area (Å²) in [5.74, 6) is 0.490. The van der Waals surface area contributed by atoms with Crippen molar-refractivity contribution in [2.75, 3.05) is 10.6 Å². The number of halogens is 1. The topological polar surface area (TPSA) is 88.7 Å². The molecule has 7 nitrogen and oxygen atoms in total. The Morgan fingerprint density at radius 3 is 2.11 bits per heavy atom. The van der Waals surface area contributed by atoms with Gasteiger partial charge in [0.2, 0.25) is 0 Å². The van der Waals surface area contributed by atoms with Crippen LogP contribution in [0.5, 0.6) is 11.5 Å². The Morgan fingerprint density at radius 2 is 1.50 bits per heavy atom. The van der Waals surface area contributed by atoms with Gasteiger partial charge in [0.15, 0.2) is 11.2 Å². The molecule has 0 bridgehead atoms. The summed E-state index contributed by atoms with van der Waals surface area (Å²) in [5.41, 5.74) is 1.69. The highest BCUT2D eigenvalue weighted by Gasteiger charge is 2.16. The molecule has 2 unspecified atom stereocenters. The van der Waals surface area contributed by atoms with Crippen LogP contribution in [-0.2, 0) is 4.79 Å². The third-order valence-electron chi connectivity index (χ3n) is 5.18. The minimum absolute atomic E-state index is 0.103. The molecule has 188 valence electrons. The number of amides is 2. The molecule has 2 amide bonds. The van der Waals surface area contributed by atoms with E-state index in [1.165, 1.54) is 0 Å². The molecule has 0 saturated heterocycles. The Hall–Kier alpha value is -3.62. The van der Waals surface area contributed by atoms with Gasteiger partial charge in [0.05, 0.1) is 11.1 Å². The van der Waals surface area contributed by atoms with Crippen LogP contribution in [0.2, 0.25) is 5.02 Å². The number of ether oxygens (including phenoxy) is 2. The zero-order valence-corrected chi connectivity index (χ0v) is 21.8. The predicted molar refractivity (Wildman–Crippen MR) is 147 cm³/mol. The van der Waals surface area contributed by atoms with Gasteiger partial charge in [0, 0.05) is 16.9 Å². The molecule has 3 aromatic rings. The Morgan fingerprint density at radius 1 is 0.889 bits per heavy atom. The van der Waals surface area contributed by atoms with Crippen LogP contribution in [-0.4, -0.2) is 29.1 Å². The molecule has 0 aliphatic carbocycles. The van der Waals surface area contributed by atoms with Crippen LogP contribution in [0.1, 0.15) is 37.6 Å². The molecule has 0 spiro atoms. The van der Waals surface area contributed by atoms with Crippen LogP contribution in [0.3, 0.4) is 0 Å². The first-order valence-electron chi connectivity index (χ1n) is 11.5. The molecular weight excluding hydrogens is 498 g/mol. The highest BCUT2D eigenvalue weighted by molar-refractivity contribution is 7.80. The molecule has 0 aliphatic rings. The van der Waals surface area contributed by atoms with Crippen LogP contribution in [0.25, 0.3) is 0 Å². The van der Waals surface area contributed by atoms with Crippen LogP contribution in [0.4, 0.5) is 11.4 Å². The van der Waals surface area contributed by atoms with Gasteiger partial charge >= 0.3 is 0 Å². The lowest BCUT2D eigenvalue weighted by atomic mass is 10.2. The lowest BCUT2D eigenvalue weighted by Gasteiger charge is -2.16. The molecule has 3 N–H and O–H groups in total. The van der Waals surface area contributed by atoms with Gasteiger partial charge in [0.1, 0.15) is 11.5 Å². The fourth-order valence-corrected chi connectivity index (χ4v) is 3.39. The predicted octanol–water partition coefficient (Wildman–Crippen LogP) is 6.05.